The molecule has 0 aromatic carbocycles. The van der Waals surface area contributed by atoms with Crippen LogP contribution in [0.2, 0.25) is 0 Å². The van der Waals surface area contributed by atoms with Crippen LogP contribution in [0.5, 0.6) is 0 Å². The molecule has 1 saturated heterocycles. The van der Waals surface area contributed by atoms with Gasteiger partial charge in [-0.2, -0.15) is 0 Å². The van der Waals surface area contributed by atoms with Gasteiger partial charge in [-0.05, 0) is 19.3 Å². The van der Waals surface area contributed by atoms with Crippen LogP contribution < -0.4 is 5.84 Å². The molecule has 1 aliphatic rings. The Labute approximate surface area is 50.6 Å². The third kappa shape index (κ3) is 1.01. The van der Waals surface area contributed by atoms with E-state index in [2.05, 4.69) is 6.92 Å². The molecule has 1 aliphatic heterocycles. The molecule has 1 atom stereocenters. The lowest BCUT2D eigenvalue weighted by Gasteiger charge is -2.15. The van der Waals surface area contributed by atoms with Crippen molar-refractivity contribution >= 4 is 0 Å². The van der Waals surface area contributed by atoms with E-state index in [1.54, 1.807) is 0 Å². The normalized spacial score (nSPS) is 31.5. The molecule has 1 fully saturated rings. The zero-order valence-electron chi connectivity index (χ0n) is 5.43. The minimum absolute atomic E-state index is 0.676. The molecule has 0 radical (unpaired) electrons. The lowest BCUT2D eigenvalue weighted by molar-refractivity contribution is 0.256. The summed E-state index contributed by atoms with van der Waals surface area (Å²) in [5, 5.41) is 1.96. The van der Waals surface area contributed by atoms with Gasteiger partial charge in [-0.15, -0.1) is 0 Å². The quantitative estimate of drug-likeness (QED) is 0.509. The van der Waals surface area contributed by atoms with Crippen molar-refractivity contribution in [3.63, 3.8) is 0 Å². The smallest absolute Gasteiger partial charge is 0.0239 e. The average Bonchev–Trinajstić information content (AvgIpc) is 2.14. The molecule has 0 saturated carbocycles. The second-order valence-corrected chi connectivity index (χ2v) is 2.44. The maximum atomic E-state index is 5.62. The van der Waals surface area contributed by atoms with Crippen LogP contribution in [0.15, 0.2) is 0 Å². The summed E-state index contributed by atoms with van der Waals surface area (Å²) in [6, 6.07) is 0.676. The number of hydrazine groups is 1. The highest BCUT2D eigenvalue weighted by atomic mass is 15.4. The number of nitrogens with two attached hydrogens (primary N) is 1. The fourth-order valence-corrected chi connectivity index (χ4v) is 1.30. The van der Waals surface area contributed by atoms with E-state index in [1.165, 1.54) is 19.3 Å². The van der Waals surface area contributed by atoms with Gasteiger partial charge in [0.1, 0.15) is 0 Å². The topological polar surface area (TPSA) is 29.3 Å². The van der Waals surface area contributed by atoms with Crippen LogP contribution in [0.4, 0.5) is 0 Å². The van der Waals surface area contributed by atoms with E-state index in [1.807, 2.05) is 5.01 Å². The number of rotatable bonds is 1. The first kappa shape index (κ1) is 6.05. The van der Waals surface area contributed by atoms with E-state index >= 15 is 0 Å². The van der Waals surface area contributed by atoms with Crippen molar-refractivity contribution in [2.45, 2.75) is 32.2 Å². The largest absolute Gasteiger partial charge is 0.269 e. The van der Waals surface area contributed by atoms with Crippen LogP contribution in [-0.4, -0.2) is 17.6 Å². The lowest BCUT2D eigenvalue weighted by atomic mass is 10.2. The Morgan fingerprint density at radius 1 is 1.75 bits per heavy atom. The molecule has 2 nitrogen and oxygen atoms in total. The number of hydrogen-bond donors (Lipinski definition) is 1. The number of nitrogens with zero attached hydrogens (tertiary/aromatic N) is 1. The molecule has 0 amide bonds. The first-order chi connectivity index (χ1) is 3.84. The van der Waals surface area contributed by atoms with Gasteiger partial charge in [0.05, 0.1) is 0 Å². The van der Waals surface area contributed by atoms with Gasteiger partial charge in [-0.25, -0.2) is 5.01 Å². The summed E-state index contributed by atoms with van der Waals surface area (Å²) in [4.78, 5) is 0. The summed E-state index contributed by atoms with van der Waals surface area (Å²) in [5.41, 5.74) is 0. The Kier molecular flexibility index (Phi) is 1.86. The molecule has 0 aromatic heterocycles. The molecule has 0 aliphatic carbocycles. The first-order valence-corrected chi connectivity index (χ1v) is 3.36. The highest BCUT2D eigenvalue weighted by Crippen LogP contribution is 2.14. The fourth-order valence-electron chi connectivity index (χ4n) is 1.30. The van der Waals surface area contributed by atoms with Crippen LogP contribution in [0, 0.1) is 0 Å². The molecule has 2 N–H and O–H groups in total. The summed E-state index contributed by atoms with van der Waals surface area (Å²) in [6.45, 7) is 3.29. The first-order valence-electron chi connectivity index (χ1n) is 3.36. The Bertz CT molecular complexity index is 72.9. The van der Waals surface area contributed by atoms with Crippen LogP contribution in [0.25, 0.3) is 0 Å². The molecule has 2 heteroatoms. The van der Waals surface area contributed by atoms with Crippen molar-refractivity contribution in [1.29, 1.82) is 0 Å². The van der Waals surface area contributed by atoms with Crippen LogP contribution in [0.1, 0.15) is 26.2 Å². The molecule has 48 valence electrons. The maximum absolute atomic E-state index is 5.62. The zero-order chi connectivity index (χ0) is 5.98. The van der Waals surface area contributed by atoms with Gasteiger partial charge in [0.25, 0.3) is 0 Å². The van der Waals surface area contributed by atoms with E-state index in [0.717, 1.165) is 6.54 Å². The minimum Gasteiger partial charge on any atom is -0.269 e. The third-order valence-corrected chi connectivity index (χ3v) is 1.89. The van der Waals surface area contributed by atoms with Crippen LogP contribution in [-0.2, 0) is 0 Å². The molecule has 8 heavy (non-hydrogen) atoms. The van der Waals surface area contributed by atoms with Crippen molar-refractivity contribution in [2.24, 2.45) is 5.84 Å². The van der Waals surface area contributed by atoms with Gasteiger partial charge in [-0.3, -0.25) is 5.84 Å². The highest BCUT2D eigenvalue weighted by molar-refractivity contribution is 4.72. The molecule has 0 unspecified atom stereocenters. The second-order valence-electron chi connectivity index (χ2n) is 2.44. The van der Waals surface area contributed by atoms with Crippen molar-refractivity contribution in [3.05, 3.63) is 0 Å². The minimum atomic E-state index is 0.676. The lowest BCUT2D eigenvalue weighted by Crippen LogP contribution is -2.35. The Morgan fingerprint density at radius 3 is 2.75 bits per heavy atom. The van der Waals surface area contributed by atoms with Crippen LogP contribution in [0.3, 0.4) is 0 Å². The summed E-state index contributed by atoms with van der Waals surface area (Å²) in [5.74, 6) is 5.62. The van der Waals surface area contributed by atoms with Gasteiger partial charge in [-0.1, -0.05) is 6.92 Å². The summed E-state index contributed by atoms with van der Waals surface area (Å²) < 4.78 is 0. The van der Waals surface area contributed by atoms with Crippen molar-refractivity contribution in [2.75, 3.05) is 6.54 Å². The average molecular weight is 114 g/mol. The Morgan fingerprint density at radius 2 is 2.50 bits per heavy atom. The molecule has 0 spiro atoms. The third-order valence-electron chi connectivity index (χ3n) is 1.89. The molecule has 0 bridgehead atoms. The van der Waals surface area contributed by atoms with E-state index in [-0.39, 0.29) is 0 Å². The molecular formula is C6H14N2. The number of hydrogen-bond acceptors (Lipinski definition) is 2. The van der Waals surface area contributed by atoms with Crippen molar-refractivity contribution in [3.8, 4) is 0 Å². The predicted molar refractivity (Wildman–Crippen MR) is 34.2 cm³/mol. The fraction of sp³-hybridized carbons (Fsp3) is 1.00. The maximum Gasteiger partial charge on any atom is 0.0239 e. The van der Waals surface area contributed by atoms with Gasteiger partial charge >= 0.3 is 0 Å². The van der Waals surface area contributed by atoms with E-state index in [9.17, 15) is 0 Å². The van der Waals surface area contributed by atoms with Gasteiger partial charge < -0.3 is 0 Å². The second kappa shape index (κ2) is 2.46. The monoisotopic (exact) mass is 114 g/mol. The zero-order valence-corrected chi connectivity index (χ0v) is 5.43. The van der Waals surface area contributed by atoms with Crippen LogP contribution >= 0.6 is 0 Å². The summed E-state index contributed by atoms with van der Waals surface area (Å²) in [7, 11) is 0. The SMILES string of the molecule is CC[C@@H]1CCCN1N. The van der Waals surface area contributed by atoms with Gasteiger partial charge in [0.15, 0.2) is 0 Å². The van der Waals surface area contributed by atoms with Crippen molar-refractivity contribution < 1.29 is 0 Å². The Hall–Kier alpha value is -0.0800. The molecule has 1 rings (SSSR count). The summed E-state index contributed by atoms with van der Waals surface area (Å²) in [6.07, 6.45) is 3.79. The highest BCUT2D eigenvalue weighted by Gasteiger charge is 2.18. The van der Waals surface area contributed by atoms with Gasteiger partial charge in [0, 0.05) is 12.6 Å². The van der Waals surface area contributed by atoms with E-state index < -0.39 is 0 Å². The van der Waals surface area contributed by atoms with E-state index in [4.69, 9.17) is 5.84 Å². The van der Waals surface area contributed by atoms with E-state index in [0.29, 0.717) is 6.04 Å². The van der Waals surface area contributed by atoms with Crippen molar-refractivity contribution in [1.82, 2.24) is 5.01 Å². The molecule has 0 aromatic rings. The standard InChI is InChI=1S/C6H14N2/c1-2-6-4-3-5-8(6)7/h6H,2-5,7H2,1H3/t6-/m1/s1. The molecule has 1 heterocycles. The predicted octanol–water partition coefficient (Wildman–Crippen LogP) is 0.734. The Balaban J connectivity index is 2.30. The van der Waals surface area contributed by atoms with Gasteiger partial charge in [0.2, 0.25) is 0 Å². The molecular weight excluding hydrogens is 100 g/mol. The summed E-state index contributed by atoms with van der Waals surface area (Å²) >= 11 is 0.